The van der Waals surface area contributed by atoms with Crippen LogP contribution >= 0.6 is 12.4 Å². The summed E-state index contributed by atoms with van der Waals surface area (Å²) >= 11 is 0. The number of benzene rings is 1. The zero-order valence-corrected chi connectivity index (χ0v) is 16.3. The molecule has 2 atom stereocenters. The van der Waals surface area contributed by atoms with Crippen molar-refractivity contribution in [2.24, 2.45) is 5.73 Å². The molecule has 7 nitrogen and oxygen atoms in total. The van der Waals surface area contributed by atoms with Crippen LogP contribution in [0.5, 0.6) is 0 Å². The molecule has 1 aliphatic rings. The molecule has 9 heteroatoms. The van der Waals surface area contributed by atoms with Crippen LogP contribution in [0.15, 0.2) is 30.5 Å². The Morgan fingerprint density at radius 2 is 2.04 bits per heavy atom. The van der Waals surface area contributed by atoms with E-state index in [1.165, 1.54) is 11.1 Å². The average molecular weight is 410 g/mol. The molecule has 1 aromatic carbocycles. The summed E-state index contributed by atoms with van der Waals surface area (Å²) in [6.07, 6.45) is 2.82. The summed E-state index contributed by atoms with van der Waals surface area (Å²) in [5.74, 6) is -0.467. The fourth-order valence-corrected chi connectivity index (χ4v) is 3.12. The Morgan fingerprint density at radius 3 is 2.75 bits per heavy atom. The van der Waals surface area contributed by atoms with Crippen LogP contribution < -0.4 is 11.1 Å². The normalized spacial score (nSPS) is 17.2. The lowest BCUT2D eigenvalue weighted by Crippen LogP contribution is -2.42. The zero-order chi connectivity index (χ0) is 19.2. The number of carbonyl (C=O) groups excluding carboxylic acids is 2. The van der Waals surface area contributed by atoms with Crippen LogP contribution in [-0.4, -0.2) is 58.5 Å². The van der Waals surface area contributed by atoms with Crippen molar-refractivity contribution >= 4 is 35.3 Å². The molecule has 152 valence electrons. The Morgan fingerprint density at radius 1 is 1.29 bits per heavy atom. The Hall–Kier alpha value is -2.32. The molecule has 2 aromatic rings. The van der Waals surface area contributed by atoms with E-state index in [-0.39, 0.29) is 36.5 Å². The topological polar surface area (TPSA) is 101 Å². The van der Waals surface area contributed by atoms with Crippen molar-refractivity contribution in [1.29, 1.82) is 0 Å². The highest BCUT2D eigenvalue weighted by Crippen LogP contribution is 2.14. The van der Waals surface area contributed by atoms with Crippen molar-refractivity contribution in [3.8, 4) is 0 Å². The van der Waals surface area contributed by atoms with Gasteiger partial charge in [-0.25, -0.2) is 9.37 Å². The van der Waals surface area contributed by atoms with E-state index in [4.69, 9.17) is 5.73 Å². The van der Waals surface area contributed by atoms with Crippen molar-refractivity contribution < 1.29 is 14.0 Å². The molecule has 1 fully saturated rings. The van der Waals surface area contributed by atoms with Crippen molar-refractivity contribution in [3.05, 3.63) is 36.2 Å². The van der Waals surface area contributed by atoms with Gasteiger partial charge in [-0.1, -0.05) is 12.1 Å². The van der Waals surface area contributed by atoms with E-state index in [1.54, 1.807) is 0 Å². The largest absolute Gasteiger partial charge is 0.351 e. The molecule has 0 unspecified atom stereocenters. The van der Waals surface area contributed by atoms with E-state index in [2.05, 4.69) is 15.3 Å². The fraction of sp³-hybridized carbons (Fsp3) is 0.474. The third-order valence-corrected chi connectivity index (χ3v) is 4.67. The number of rotatable bonds is 7. The molecule has 3 rings (SSSR count). The molecule has 0 bridgehead atoms. The number of amides is 2. The molecule has 3 N–H and O–H groups in total. The van der Waals surface area contributed by atoms with Gasteiger partial charge in [-0.2, -0.15) is 0 Å². The first-order valence-electron chi connectivity index (χ1n) is 9.23. The van der Waals surface area contributed by atoms with Crippen LogP contribution in [0.4, 0.5) is 4.39 Å². The molecule has 28 heavy (non-hydrogen) atoms. The van der Waals surface area contributed by atoms with Crippen LogP contribution in [0, 0.1) is 0 Å². The second kappa shape index (κ2) is 10.3. The Labute approximate surface area is 169 Å². The maximum atomic E-state index is 13.2. The number of nitrogens with two attached hydrogens (primary N) is 1. The number of alkyl halides is 1. The number of halogens is 2. The van der Waals surface area contributed by atoms with Gasteiger partial charge in [-0.15, -0.1) is 12.4 Å². The highest BCUT2D eigenvalue weighted by atomic mass is 35.5. The monoisotopic (exact) mass is 409 g/mol. The van der Waals surface area contributed by atoms with E-state index >= 15 is 0 Å². The molecule has 1 saturated heterocycles. The minimum Gasteiger partial charge on any atom is -0.351 e. The second-order valence-corrected chi connectivity index (χ2v) is 6.77. The average Bonchev–Trinajstić information content (AvgIpc) is 3.12. The summed E-state index contributed by atoms with van der Waals surface area (Å²) in [6.45, 7) is 1.05. The predicted molar refractivity (Wildman–Crippen MR) is 107 cm³/mol. The molecule has 0 spiro atoms. The van der Waals surface area contributed by atoms with Crippen LogP contribution in [0.25, 0.3) is 11.0 Å². The second-order valence-electron chi connectivity index (χ2n) is 6.77. The van der Waals surface area contributed by atoms with Gasteiger partial charge in [0.25, 0.3) is 5.91 Å². The van der Waals surface area contributed by atoms with Crippen molar-refractivity contribution in [1.82, 2.24) is 20.2 Å². The van der Waals surface area contributed by atoms with Gasteiger partial charge in [-0.3, -0.25) is 14.6 Å². The van der Waals surface area contributed by atoms with Crippen LogP contribution in [0.1, 0.15) is 36.2 Å². The van der Waals surface area contributed by atoms with E-state index in [0.717, 1.165) is 5.52 Å². The SMILES string of the molecule is Cl.N[C@@H](CCCCNC(=O)c1cnc2ccccc2n1)C(=O)N1CC[C@H](F)C1. The first kappa shape index (κ1) is 22.0. The van der Waals surface area contributed by atoms with Gasteiger partial charge in [0.05, 0.1) is 29.8 Å². The molecule has 2 amide bonds. The van der Waals surface area contributed by atoms with Crippen molar-refractivity contribution in [3.63, 3.8) is 0 Å². The summed E-state index contributed by atoms with van der Waals surface area (Å²) in [7, 11) is 0. The zero-order valence-electron chi connectivity index (χ0n) is 15.5. The van der Waals surface area contributed by atoms with Crippen LogP contribution in [0.3, 0.4) is 0 Å². The lowest BCUT2D eigenvalue weighted by atomic mass is 10.1. The number of unbranched alkanes of at least 4 members (excludes halogenated alkanes) is 1. The summed E-state index contributed by atoms with van der Waals surface area (Å²) < 4.78 is 13.2. The molecule has 2 heterocycles. The van der Waals surface area contributed by atoms with Gasteiger partial charge in [0.2, 0.25) is 5.91 Å². The van der Waals surface area contributed by atoms with E-state index in [0.29, 0.717) is 44.3 Å². The summed E-state index contributed by atoms with van der Waals surface area (Å²) in [5, 5.41) is 2.80. The van der Waals surface area contributed by atoms with Crippen LogP contribution in [0.2, 0.25) is 0 Å². The molecule has 0 saturated carbocycles. The quantitative estimate of drug-likeness (QED) is 0.679. The highest BCUT2D eigenvalue weighted by Gasteiger charge is 2.28. The number of nitrogens with zero attached hydrogens (tertiary/aromatic N) is 3. The number of para-hydroxylation sites is 2. The van der Waals surface area contributed by atoms with Gasteiger partial charge in [0, 0.05) is 13.1 Å². The van der Waals surface area contributed by atoms with E-state index in [9.17, 15) is 14.0 Å². The number of hydrogen-bond donors (Lipinski definition) is 2. The third kappa shape index (κ3) is 5.59. The van der Waals surface area contributed by atoms with Crippen molar-refractivity contribution in [2.45, 2.75) is 37.9 Å². The molecule has 1 aromatic heterocycles. The van der Waals surface area contributed by atoms with Crippen LogP contribution in [-0.2, 0) is 4.79 Å². The number of carbonyl (C=O) groups is 2. The van der Waals surface area contributed by atoms with Gasteiger partial charge in [0.15, 0.2) is 0 Å². The van der Waals surface area contributed by atoms with Crippen molar-refractivity contribution in [2.75, 3.05) is 19.6 Å². The van der Waals surface area contributed by atoms with Gasteiger partial charge in [0.1, 0.15) is 11.9 Å². The Balaban J connectivity index is 0.00000280. The minimum absolute atomic E-state index is 0. The predicted octanol–water partition coefficient (Wildman–Crippen LogP) is 1.85. The molecular weight excluding hydrogens is 385 g/mol. The first-order valence-corrected chi connectivity index (χ1v) is 9.23. The number of hydrogen-bond acceptors (Lipinski definition) is 5. The summed E-state index contributed by atoms with van der Waals surface area (Å²) in [6, 6.07) is 6.75. The Bertz CT molecular complexity index is 822. The van der Waals surface area contributed by atoms with Gasteiger partial charge >= 0.3 is 0 Å². The van der Waals surface area contributed by atoms with E-state index < -0.39 is 12.2 Å². The number of likely N-dealkylation sites (tertiary alicyclic amines) is 1. The fourth-order valence-electron chi connectivity index (χ4n) is 3.12. The maximum absolute atomic E-state index is 13.2. The molecule has 1 aliphatic heterocycles. The van der Waals surface area contributed by atoms with Gasteiger partial charge < -0.3 is 16.0 Å². The molecule has 0 aliphatic carbocycles. The molecular formula is C19H25ClFN5O2. The Kier molecular flexibility index (Phi) is 8.07. The highest BCUT2D eigenvalue weighted by molar-refractivity contribution is 5.93. The molecule has 0 radical (unpaired) electrons. The number of aromatic nitrogens is 2. The standard InChI is InChI=1S/C19H24FN5O2.ClH/c20-13-8-10-25(12-13)19(27)14(21)5-3-4-9-22-18(26)17-11-23-15-6-1-2-7-16(15)24-17;/h1-2,6-7,11,13-14H,3-5,8-10,12,21H2,(H,22,26);1H/t13-,14-;/m0./s1. The minimum atomic E-state index is -0.936. The van der Waals surface area contributed by atoms with E-state index in [1.807, 2.05) is 24.3 Å². The lowest BCUT2D eigenvalue weighted by Gasteiger charge is -2.20. The first-order chi connectivity index (χ1) is 13.0. The third-order valence-electron chi connectivity index (χ3n) is 4.67. The maximum Gasteiger partial charge on any atom is 0.271 e. The smallest absolute Gasteiger partial charge is 0.271 e. The lowest BCUT2D eigenvalue weighted by molar-refractivity contribution is -0.131. The summed E-state index contributed by atoms with van der Waals surface area (Å²) in [5.41, 5.74) is 7.60. The number of fused-ring (bicyclic) bond motifs is 1. The number of nitrogens with one attached hydrogen (secondary N) is 1. The van der Waals surface area contributed by atoms with Gasteiger partial charge in [-0.05, 0) is 37.8 Å². The summed E-state index contributed by atoms with van der Waals surface area (Å²) in [4.78, 5) is 34.3.